The Labute approximate surface area is 102 Å². The lowest BCUT2D eigenvalue weighted by molar-refractivity contribution is 0.458. The molecular weight excluding hydrogens is 238 g/mol. The van der Waals surface area contributed by atoms with Crippen LogP contribution in [0.25, 0.3) is 0 Å². The van der Waals surface area contributed by atoms with Crippen LogP contribution in [0, 0.1) is 5.92 Å². The van der Waals surface area contributed by atoms with E-state index in [-0.39, 0.29) is 12.0 Å². The zero-order chi connectivity index (χ0) is 12.5. The second kappa shape index (κ2) is 4.78. The van der Waals surface area contributed by atoms with E-state index in [1.54, 1.807) is 6.20 Å². The summed E-state index contributed by atoms with van der Waals surface area (Å²) >= 11 is 0. The summed E-state index contributed by atoms with van der Waals surface area (Å²) in [5, 5.41) is 3.36. The van der Waals surface area contributed by atoms with E-state index in [0.717, 1.165) is 18.8 Å². The highest BCUT2D eigenvalue weighted by Gasteiger charge is 2.27. The predicted octanol–water partition coefficient (Wildman–Crippen LogP) is 0.505. The van der Waals surface area contributed by atoms with Crippen molar-refractivity contribution in [2.45, 2.75) is 19.4 Å². The van der Waals surface area contributed by atoms with Gasteiger partial charge in [-0.05, 0) is 25.8 Å². The number of aromatic nitrogens is 2. The first-order valence-electron chi connectivity index (χ1n) is 5.89. The summed E-state index contributed by atoms with van der Waals surface area (Å²) in [4.78, 5) is 4.27. The van der Waals surface area contributed by atoms with Crippen molar-refractivity contribution >= 4 is 9.84 Å². The third-order valence-electron chi connectivity index (χ3n) is 3.29. The molecule has 2 unspecified atom stereocenters. The molecule has 1 aromatic rings. The van der Waals surface area contributed by atoms with Crippen LogP contribution in [0.3, 0.4) is 0 Å². The van der Waals surface area contributed by atoms with Gasteiger partial charge < -0.3 is 9.88 Å². The Balaban J connectivity index is 1.85. The van der Waals surface area contributed by atoms with Gasteiger partial charge in [0.25, 0.3) is 0 Å². The predicted molar refractivity (Wildman–Crippen MR) is 66.4 cm³/mol. The second-order valence-corrected chi connectivity index (χ2v) is 7.02. The molecule has 5 nitrogen and oxygen atoms in total. The lowest BCUT2D eigenvalue weighted by Gasteiger charge is -2.16. The molecule has 0 aliphatic carbocycles. The van der Waals surface area contributed by atoms with Crippen LogP contribution in [-0.4, -0.2) is 36.0 Å². The van der Waals surface area contributed by atoms with Crippen LogP contribution in [-0.2, 0) is 16.9 Å². The molecule has 2 heterocycles. The summed E-state index contributed by atoms with van der Waals surface area (Å²) in [6, 6.07) is 0.151. The van der Waals surface area contributed by atoms with E-state index in [1.165, 1.54) is 0 Å². The minimum Gasteiger partial charge on any atom is -0.337 e. The topological polar surface area (TPSA) is 64.0 Å². The molecule has 0 spiro atoms. The fourth-order valence-electron chi connectivity index (χ4n) is 2.26. The van der Waals surface area contributed by atoms with Crippen molar-refractivity contribution in [3.8, 4) is 0 Å². The van der Waals surface area contributed by atoms with E-state index in [2.05, 4.69) is 10.3 Å². The van der Waals surface area contributed by atoms with E-state index >= 15 is 0 Å². The van der Waals surface area contributed by atoms with Crippen molar-refractivity contribution in [2.75, 3.05) is 18.1 Å². The SMILES string of the molecule is CC(NCC1CCS(=O)(=O)C1)c1nccn1C. The fraction of sp³-hybridized carbons (Fsp3) is 0.727. The molecule has 1 aromatic heterocycles. The Kier molecular flexibility index (Phi) is 3.53. The summed E-state index contributed by atoms with van der Waals surface area (Å²) in [7, 11) is -0.807. The third-order valence-corrected chi connectivity index (χ3v) is 5.12. The smallest absolute Gasteiger partial charge is 0.150 e. The van der Waals surface area contributed by atoms with Crippen LogP contribution < -0.4 is 5.32 Å². The van der Waals surface area contributed by atoms with Gasteiger partial charge in [-0.2, -0.15) is 0 Å². The normalized spacial score (nSPS) is 24.9. The number of hydrogen-bond donors (Lipinski definition) is 1. The van der Waals surface area contributed by atoms with Crippen LogP contribution in [0.15, 0.2) is 12.4 Å². The molecule has 0 aromatic carbocycles. The molecule has 6 heteroatoms. The van der Waals surface area contributed by atoms with Gasteiger partial charge in [0.2, 0.25) is 0 Å². The molecule has 0 amide bonds. The molecule has 17 heavy (non-hydrogen) atoms. The van der Waals surface area contributed by atoms with Gasteiger partial charge >= 0.3 is 0 Å². The quantitative estimate of drug-likeness (QED) is 0.853. The van der Waals surface area contributed by atoms with Crippen molar-refractivity contribution in [3.63, 3.8) is 0 Å². The largest absolute Gasteiger partial charge is 0.337 e. The summed E-state index contributed by atoms with van der Waals surface area (Å²) in [6.45, 7) is 2.79. The minimum atomic E-state index is -2.77. The van der Waals surface area contributed by atoms with E-state index in [9.17, 15) is 8.42 Å². The lowest BCUT2D eigenvalue weighted by atomic mass is 10.1. The molecule has 96 valence electrons. The van der Waals surface area contributed by atoms with Gasteiger partial charge in [0, 0.05) is 19.4 Å². The Hall–Kier alpha value is -0.880. The molecule has 1 aliphatic heterocycles. The maximum Gasteiger partial charge on any atom is 0.150 e. The highest BCUT2D eigenvalue weighted by Crippen LogP contribution is 2.18. The zero-order valence-electron chi connectivity index (χ0n) is 10.3. The van der Waals surface area contributed by atoms with Gasteiger partial charge in [0.15, 0.2) is 9.84 Å². The molecule has 1 saturated heterocycles. The molecule has 2 atom stereocenters. The average molecular weight is 257 g/mol. The van der Waals surface area contributed by atoms with Crippen molar-refractivity contribution in [1.82, 2.24) is 14.9 Å². The van der Waals surface area contributed by atoms with Gasteiger partial charge in [0.05, 0.1) is 17.5 Å². The maximum atomic E-state index is 11.3. The fourth-order valence-corrected chi connectivity index (χ4v) is 4.12. The summed E-state index contributed by atoms with van der Waals surface area (Å²) in [5.74, 6) is 1.90. The maximum absolute atomic E-state index is 11.3. The molecule has 0 bridgehead atoms. The number of aryl methyl sites for hydroxylation is 1. The van der Waals surface area contributed by atoms with Crippen LogP contribution in [0.5, 0.6) is 0 Å². The van der Waals surface area contributed by atoms with Gasteiger partial charge in [-0.1, -0.05) is 0 Å². The van der Waals surface area contributed by atoms with Gasteiger partial charge in [-0.3, -0.25) is 0 Å². The Morgan fingerprint density at radius 2 is 2.41 bits per heavy atom. The van der Waals surface area contributed by atoms with Crippen molar-refractivity contribution < 1.29 is 8.42 Å². The summed E-state index contributed by atoms with van der Waals surface area (Å²) in [5.41, 5.74) is 0. The zero-order valence-corrected chi connectivity index (χ0v) is 11.1. The number of nitrogens with one attached hydrogen (secondary N) is 1. The number of nitrogens with zero attached hydrogens (tertiary/aromatic N) is 2. The Morgan fingerprint density at radius 1 is 1.65 bits per heavy atom. The number of sulfone groups is 1. The molecule has 1 N–H and O–H groups in total. The molecule has 0 saturated carbocycles. The monoisotopic (exact) mass is 257 g/mol. The molecule has 0 radical (unpaired) electrons. The third kappa shape index (κ3) is 3.07. The first-order chi connectivity index (χ1) is 7.98. The van der Waals surface area contributed by atoms with Crippen molar-refractivity contribution in [3.05, 3.63) is 18.2 Å². The lowest BCUT2D eigenvalue weighted by Crippen LogP contribution is -2.28. The first kappa shape index (κ1) is 12.6. The van der Waals surface area contributed by atoms with E-state index in [1.807, 2.05) is 24.7 Å². The van der Waals surface area contributed by atoms with Crippen LogP contribution in [0.1, 0.15) is 25.2 Å². The van der Waals surface area contributed by atoms with Crippen LogP contribution in [0.2, 0.25) is 0 Å². The minimum absolute atomic E-state index is 0.151. The number of hydrogen-bond acceptors (Lipinski definition) is 4. The van der Waals surface area contributed by atoms with Crippen molar-refractivity contribution in [2.24, 2.45) is 13.0 Å². The summed E-state index contributed by atoms with van der Waals surface area (Å²) in [6.07, 6.45) is 4.46. The molecular formula is C11H19N3O2S. The van der Waals surface area contributed by atoms with Gasteiger partial charge in [-0.25, -0.2) is 13.4 Å². The van der Waals surface area contributed by atoms with Crippen LogP contribution >= 0.6 is 0 Å². The van der Waals surface area contributed by atoms with E-state index < -0.39 is 9.84 Å². The van der Waals surface area contributed by atoms with Gasteiger partial charge in [-0.15, -0.1) is 0 Å². The average Bonchev–Trinajstić information content (AvgIpc) is 2.81. The van der Waals surface area contributed by atoms with Crippen molar-refractivity contribution in [1.29, 1.82) is 0 Å². The highest BCUT2D eigenvalue weighted by atomic mass is 32.2. The van der Waals surface area contributed by atoms with Crippen LogP contribution in [0.4, 0.5) is 0 Å². The van der Waals surface area contributed by atoms with E-state index in [4.69, 9.17) is 0 Å². The number of rotatable bonds is 4. The van der Waals surface area contributed by atoms with E-state index in [0.29, 0.717) is 11.5 Å². The molecule has 1 fully saturated rings. The van der Waals surface area contributed by atoms with Gasteiger partial charge in [0.1, 0.15) is 5.82 Å². The molecule has 1 aliphatic rings. The Bertz CT molecular complexity index is 481. The molecule has 2 rings (SSSR count). The second-order valence-electron chi connectivity index (χ2n) is 4.80. The first-order valence-corrected chi connectivity index (χ1v) is 7.71. The highest BCUT2D eigenvalue weighted by molar-refractivity contribution is 7.91. The standard InChI is InChI=1S/C11H19N3O2S/c1-9(11-12-4-5-14(11)2)13-7-10-3-6-17(15,16)8-10/h4-5,9-10,13H,3,6-8H2,1-2H3. The Morgan fingerprint density at radius 3 is 2.94 bits per heavy atom. The number of imidazole rings is 1. The summed E-state index contributed by atoms with van der Waals surface area (Å²) < 4.78 is 24.6.